The summed E-state index contributed by atoms with van der Waals surface area (Å²) in [4.78, 5) is 10.5. The molecular formula is C10H14N2O2. The van der Waals surface area contributed by atoms with Crippen molar-refractivity contribution in [2.45, 2.75) is 12.5 Å². The van der Waals surface area contributed by atoms with E-state index in [1.807, 2.05) is 12.1 Å². The molecular weight excluding hydrogens is 180 g/mol. The normalized spacial score (nSPS) is 12.4. The van der Waals surface area contributed by atoms with E-state index in [0.717, 1.165) is 5.56 Å². The van der Waals surface area contributed by atoms with Crippen LogP contribution in [0.4, 0.5) is 5.69 Å². The molecule has 0 aliphatic heterocycles. The van der Waals surface area contributed by atoms with Gasteiger partial charge < -0.3 is 16.2 Å². The molecule has 14 heavy (non-hydrogen) atoms. The molecule has 1 aromatic carbocycles. The first-order valence-electron chi connectivity index (χ1n) is 4.38. The number of hydrogen-bond acceptors (Lipinski definition) is 3. The highest BCUT2D eigenvalue weighted by atomic mass is 16.4. The van der Waals surface area contributed by atoms with Crippen LogP contribution in [0.1, 0.15) is 18.0 Å². The summed E-state index contributed by atoms with van der Waals surface area (Å²) in [5.74, 6) is -0.818. The van der Waals surface area contributed by atoms with Gasteiger partial charge >= 0.3 is 5.97 Å². The highest BCUT2D eigenvalue weighted by Gasteiger charge is 2.12. The summed E-state index contributed by atoms with van der Waals surface area (Å²) in [6, 6.07) is 7.04. The number of rotatable bonds is 4. The number of nitrogen functional groups attached to an aromatic ring is 1. The smallest absolute Gasteiger partial charge is 0.305 e. The second kappa shape index (κ2) is 4.62. The van der Waals surface area contributed by atoms with Gasteiger partial charge in [0.2, 0.25) is 0 Å². The fraction of sp³-hybridized carbons (Fsp3) is 0.300. The third kappa shape index (κ3) is 2.74. The molecule has 0 saturated heterocycles. The molecule has 0 aliphatic carbocycles. The lowest BCUT2D eigenvalue weighted by atomic mass is 10.0. The van der Waals surface area contributed by atoms with Crippen molar-refractivity contribution in [3.8, 4) is 0 Å². The number of anilines is 1. The van der Waals surface area contributed by atoms with Gasteiger partial charge in [-0.15, -0.1) is 0 Å². The maximum absolute atomic E-state index is 10.5. The number of benzene rings is 1. The zero-order valence-corrected chi connectivity index (χ0v) is 8.03. The van der Waals surface area contributed by atoms with Crippen molar-refractivity contribution in [3.05, 3.63) is 29.8 Å². The van der Waals surface area contributed by atoms with Gasteiger partial charge in [0, 0.05) is 11.7 Å². The molecule has 0 spiro atoms. The minimum Gasteiger partial charge on any atom is -0.481 e. The van der Waals surface area contributed by atoms with Crippen LogP contribution in [0.3, 0.4) is 0 Å². The van der Waals surface area contributed by atoms with Crippen LogP contribution in [0, 0.1) is 0 Å². The fourth-order valence-corrected chi connectivity index (χ4v) is 1.29. The number of aliphatic carboxylic acids is 1. The average molecular weight is 194 g/mol. The Bertz CT molecular complexity index is 308. The third-order valence-corrected chi connectivity index (χ3v) is 2.07. The van der Waals surface area contributed by atoms with Gasteiger partial charge in [-0.25, -0.2) is 0 Å². The largest absolute Gasteiger partial charge is 0.481 e. The lowest BCUT2D eigenvalue weighted by molar-refractivity contribution is -0.137. The Balaban J connectivity index is 2.78. The van der Waals surface area contributed by atoms with Crippen LogP contribution in [0.15, 0.2) is 24.3 Å². The van der Waals surface area contributed by atoms with Crippen LogP contribution >= 0.6 is 0 Å². The second-order valence-electron chi connectivity index (χ2n) is 3.11. The summed E-state index contributed by atoms with van der Waals surface area (Å²) >= 11 is 0. The molecule has 0 radical (unpaired) electrons. The van der Waals surface area contributed by atoms with E-state index in [0.29, 0.717) is 5.69 Å². The van der Waals surface area contributed by atoms with Crippen LogP contribution in [0.25, 0.3) is 0 Å². The predicted molar refractivity (Wildman–Crippen MR) is 54.9 cm³/mol. The van der Waals surface area contributed by atoms with Gasteiger partial charge in [0.05, 0.1) is 6.42 Å². The van der Waals surface area contributed by atoms with Crippen molar-refractivity contribution in [3.63, 3.8) is 0 Å². The molecule has 4 heteroatoms. The van der Waals surface area contributed by atoms with E-state index in [1.54, 1.807) is 19.2 Å². The molecule has 1 aromatic rings. The maximum atomic E-state index is 10.5. The second-order valence-corrected chi connectivity index (χ2v) is 3.11. The van der Waals surface area contributed by atoms with Crippen molar-refractivity contribution in [2.75, 3.05) is 12.8 Å². The standard InChI is InChI=1S/C10H14N2O2/c1-12-9(6-10(13)14)7-2-4-8(11)5-3-7/h2-5,9,12H,6,11H2,1H3,(H,13,14)/t9-/m0/s1. The first kappa shape index (κ1) is 10.5. The first-order valence-corrected chi connectivity index (χ1v) is 4.38. The van der Waals surface area contributed by atoms with Crippen LogP contribution in [0.2, 0.25) is 0 Å². The van der Waals surface area contributed by atoms with Gasteiger partial charge in [-0.1, -0.05) is 12.1 Å². The maximum Gasteiger partial charge on any atom is 0.305 e. The average Bonchev–Trinajstić information content (AvgIpc) is 2.15. The quantitative estimate of drug-likeness (QED) is 0.625. The topological polar surface area (TPSA) is 75.3 Å². The van der Waals surface area contributed by atoms with Crippen molar-refractivity contribution >= 4 is 11.7 Å². The molecule has 1 rings (SSSR count). The Morgan fingerprint density at radius 3 is 2.50 bits per heavy atom. The molecule has 0 aliphatic rings. The Hall–Kier alpha value is -1.55. The summed E-state index contributed by atoms with van der Waals surface area (Å²) < 4.78 is 0. The van der Waals surface area contributed by atoms with E-state index >= 15 is 0 Å². The zero-order valence-electron chi connectivity index (χ0n) is 8.03. The summed E-state index contributed by atoms with van der Waals surface area (Å²) in [6.07, 6.45) is 0.0699. The summed E-state index contributed by atoms with van der Waals surface area (Å²) in [5.41, 5.74) is 7.15. The van der Waals surface area contributed by atoms with Crippen molar-refractivity contribution < 1.29 is 9.90 Å². The van der Waals surface area contributed by atoms with Gasteiger partial charge in [-0.2, -0.15) is 0 Å². The van der Waals surface area contributed by atoms with Crippen molar-refractivity contribution in [1.29, 1.82) is 0 Å². The molecule has 0 unspecified atom stereocenters. The lowest BCUT2D eigenvalue weighted by Gasteiger charge is -2.14. The third-order valence-electron chi connectivity index (χ3n) is 2.07. The Morgan fingerprint density at radius 1 is 1.50 bits per heavy atom. The van der Waals surface area contributed by atoms with E-state index in [2.05, 4.69) is 5.32 Å². The van der Waals surface area contributed by atoms with Gasteiger partial charge in [0.25, 0.3) is 0 Å². The highest BCUT2D eigenvalue weighted by Crippen LogP contribution is 2.17. The molecule has 0 aromatic heterocycles. The van der Waals surface area contributed by atoms with Crippen molar-refractivity contribution in [1.82, 2.24) is 5.32 Å². The Labute approximate surface area is 82.7 Å². The number of nitrogens with one attached hydrogen (secondary N) is 1. The Morgan fingerprint density at radius 2 is 2.07 bits per heavy atom. The van der Waals surface area contributed by atoms with E-state index in [4.69, 9.17) is 10.8 Å². The van der Waals surface area contributed by atoms with E-state index in [9.17, 15) is 4.79 Å². The van der Waals surface area contributed by atoms with Crippen LogP contribution < -0.4 is 11.1 Å². The zero-order chi connectivity index (χ0) is 10.6. The molecule has 4 N–H and O–H groups in total. The number of carboxylic acid groups (broad SMARTS) is 1. The van der Waals surface area contributed by atoms with Crippen LogP contribution in [-0.2, 0) is 4.79 Å². The molecule has 76 valence electrons. The van der Waals surface area contributed by atoms with Gasteiger partial charge in [-0.3, -0.25) is 4.79 Å². The minimum absolute atomic E-state index is 0.0699. The molecule has 4 nitrogen and oxygen atoms in total. The lowest BCUT2D eigenvalue weighted by Crippen LogP contribution is -2.19. The van der Waals surface area contributed by atoms with Crippen LogP contribution in [0.5, 0.6) is 0 Å². The van der Waals surface area contributed by atoms with E-state index < -0.39 is 5.97 Å². The van der Waals surface area contributed by atoms with Gasteiger partial charge in [0.15, 0.2) is 0 Å². The van der Waals surface area contributed by atoms with E-state index in [1.165, 1.54) is 0 Å². The number of carboxylic acids is 1. The monoisotopic (exact) mass is 194 g/mol. The van der Waals surface area contributed by atoms with E-state index in [-0.39, 0.29) is 12.5 Å². The Kier molecular flexibility index (Phi) is 3.48. The molecule has 0 amide bonds. The molecule has 0 bridgehead atoms. The molecule has 0 saturated carbocycles. The van der Waals surface area contributed by atoms with Gasteiger partial charge in [-0.05, 0) is 24.7 Å². The van der Waals surface area contributed by atoms with Crippen molar-refractivity contribution in [2.24, 2.45) is 0 Å². The fourth-order valence-electron chi connectivity index (χ4n) is 1.29. The summed E-state index contributed by atoms with van der Waals surface area (Å²) in [5, 5.41) is 11.6. The number of nitrogens with two attached hydrogens (primary N) is 1. The van der Waals surface area contributed by atoms with Crippen LogP contribution in [-0.4, -0.2) is 18.1 Å². The summed E-state index contributed by atoms with van der Waals surface area (Å²) in [7, 11) is 1.74. The SMILES string of the molecule is CN[C@@H](CC(=O)O)c1ccc(N)cc1. The molecule has 0 heterocycles. The summed E-state index contributed by atoms with van der Waals surface area (Å²) in [6.45, 7) is 0. The molecule has 1 atom stereocenters. The number of carbonyl (C=O) groups is 1. The predicted octanol–water partition coefficient (Wildman–Crippen LogP) is 1.00. The molecule has 0 fully saturated rings. The van der Waals surface area contributed by atoms with Gasteiger partial charge in [0.1, 0.15) is 0 Å². The highest BCUT2D eigenvalue weighted by molar-refractivity contribution is 5.68. The first-order chi connectivity index (χ1) is 6.63. The minimum atomic E-state index is -0.818. The number of hydrogen-bond donors (Lipinski definition) is 3.